The van der Waals surface area contributed by atoms with Crippen molar-refractivity contribution in [1.82, 2.24) is 16.1 Å². The molecule has 4 aromatic rings. The van der Waals surface area contributed by atoms with Crippen LogP contribution in [0.4, 0.5) is 0 Å². The normalized spacial score (nSPS) is 11.9. The van der Waals surface area contributed by atoms with Gasteiger partial charge in [0.05, 0.1) is 4.88 Å². The topological polar surface area (TPSA) is 131 Å². The Morgan fingerprint density at radius 1 is 0.806 bits per heavy atom. The highest BCUT2D eigenvalue weighted by Crippen LogP contribution is 2.26. The molecule has 1 aromatic heterocycles. The van der Waals surface area contributed by atoms with Crippen LogP contribution in [0.3, 0.4) is 0 Å². The zero-order chi connectivity index (χ0) is 25.5. The first-order valence-electron chi connectivity index (χ1n) is 11.4. The molecule has 1 heterocycles. The third-order valence-corrected chi connectivity index (χ3v) is 6.91. The number of rotatable bonds is 11. The van der Waals surface area contributed by atoms with Gasteiger partial charge in [0.1, 0.15) is 11.8 Å². The number of hydroxylamine groups is 1. The quantitative estimate of drug-likeness (QED) is 0.135. The maximum atomic E-state index is 11.7. The van der Waals surface area contributed by atoms with Crippen LogP contribution < -0.4 is 16.1 Å². The lowest BCUT2D eigenvalue weighted by Gasteiger charge is -2.15. The Labute approximate surface area is 212 Å². The molecule has 1 amide bonds. The average Bonchev–Trinajstić information content (AvgIpc) is 3.31. The van der Waals surface area contributed by atoms with Crippen molar-refractivity contribution in [1.29, 1.82) is 0 Å². The third kappa shape index (κ3) is 6.67. The number of benzene rings is 3. The summed E-state index contributed by atoms with van der Waals surface area (Å²) in [5.41, 5.74) is 5.69. The zero-order valence-electron chi connectivity index (χ0n) is 19.4. The molecule has 4 rings (SSSR count). The predicted octanol–water partition coefficient (Wildman–Crippen LogP) is 3.80. The molecule has 1 atom stereocenters. The number of amides is 1. The maximum Gasteiger partial charge on any atom is 0.321 e. The molecule has 0 aliphatic rings. The lowest BCUT2D eigenvalue weighted by Crippen LogP contribution is -2.38. The SMILES string of the molecule is O=C(NO)c1cc2ccc(CNCc3ccc(CNC(Cc4ccc(O)cc4)C(=O)O)cc3)cc2s1. The summed E-state index contributed by atoms with van der Waals surface area (Å²) in [5, 5.41) is 35.2. The summed E-state index contributed by atoms with van der Waals surface area (Å²) >= 11 is 1.33. The van der Waals surface area contributed by atoms with Gasteiger partial charge in [0, 0.05) is 24.3 Å². The Hall–Kier alpha value is -3.76. The summed E-state index contributed by atoms with van der Waals surface area (Å²) in [4.78, 5) is 23.7. The van der Waals surface area contributed by atoms with E-state index in [1.165, 1.54) is 11.3 Å². The first kappa shape index (κ1) is 25.3. The van der Waals surface area contributed by atoms with Crippen molar-refractivity contribution in [3.63, 3.8) is 0 Å². The van der Waals surface area contributed by atoms with Gasteiger partial charge >= 0.3 is 5.97 Å². The van der Waals surface area contributed by atoms with Gasteiger partial charge in [0.2, 0.25) is 0 Å². The first-order chi connectivity index (χ1) is 17.4. The van der Waals surface area contributed by atoms with Gasteiger partial charge in [0.25, 0.3) is 5.91 Å². The second-order valence-corrected chi connectivity index (χ2v) is 9.57. The Bertz CT molecular complexity index is 1340. The number of carbonyl (C=O) groups is 2. The van der Waals surface area contributed by atoms with Crippen LogP contribution in [0, 0.1) is 0 Å². The van der Waals surface area contributed by atoms with Gasteiger partial charge in [-0.1, -0.05) is 48.5 Å². The summed E-state index contributed by atoms with van der Waals surface area (Å²) in [7, 11) is 0. The third-order valence-electron chi connectivity index (χ3n) is 5.82. The standard InChI is InChI=1S/C27H27N3O5S/c31-22-9-6-17(7-10-22)11-23(27(33)34)29-16-19-3-1-18(2-4-19)14-28-15-20-5-8-21-13-25(26(32)30-35)36-24(21)12-20/h1-10,12-13,23,28-29,31,35H,11,14-16H2,(H,30,32)(H,33,34). The molecule has 0 aliphatic carbocycles. The van der Waals surface area contributed by atoms with Gasteiger partial charge in [-0.25, -0.2) is 5.48 Å². The number of carboxylic acids is 1. The van der Waals surface area contributed by atoms with E-state index in [4.69, 9.17) is 5.21 Å². The fourth-order valence-electron chi connectivity index (χ4n) is 3.83. The van der Waals surface area contributed by atoms with Crippen molar-refractivity contribution in [3.8, 4) is 5.75 Å². The van der Waals surface area contributed by atoms with E-state index in [9.17, 15) is 19.8 Å². The van der Waals surface area contributed by atoms with Crippen LogP contribution in [0.5, 0.6) is 5.75 Å². The van der Waals surface area contributed by atoms with E-state index in [0.717, 1.165) is 32.3 Å². The van der Waals surface area contributed by atoms with Crippen LogP contribution in [0.2, 0.25) is 0 Å². The van der Waals surface area contributed by atoms with E-state index in [0.29, 0.717) is 30.9 Å². The molecule has 0 radical (unpaired) electrons. The number of phenols is 1. The van der Waals surface area contributed by atoms with E-state index in [-0.39, 0.29) is 5.75 Å². The maximum absolute atomic E-state index is 11.7. The minimum Gasteiger partial charge on any atom is -0.508 e. The highest BCUT2D eigenvalue weighted by molar-refractivity contribution is 7.20. The van der Waals surface area contributed by atoms with Crippen molar-refractivity contribution in [2.45, 2.75) is 32.1 Å². The molecule has 186 valence electrons. The highest BCUT2D eigenvalue weighted by Gasteiger charge is 2.17. The van der Waals surface area contributed by atoms with Crippen LogP contribution in [0.25, 0.3) is 10.1 Å². The molecule has 0 fully saturated rings. The molecule has 8 nitrogen and oxygen atoms in total. The molecule has 0 saturated heterocycles. The Kier molecular flexibility index (Phi) is 8.29. The molecule has 9 heteroatoms. The summed E-state index contributed by atoms with van der Waals surface area (Å²) < 4.78 is 0.981. The molecule has 0 saturated carbocycles. The van der Waals surface area contributed by atoms with Crippen molar-refractivity contribution in [3.05, 3.63) is 99.9 Å². The van der Waals surface area contributed by atoms with Crippen molar-refractivity contribution < 1.29 is 25.0 Å². The Morgan fingerprint density at radius 3 is 2.08 bits per heavy atom. The minimum atomic E-state index is -0.919. The number of hydrogen-bond donors (Lipinski definition) is 6. The largest absolute Gasteiger partial charge is 0.508 e. The van der Waals surface area contributed by atoms with E-state index < -0.39 is 17.9 Å². The van der Waals surface area contributed by atoms with Gasteiger partial charge in [-0.2, -0.15) is 0 Å². The molecule has 0 spiro atoms. The van der Waals surface area contributed by atoms with E-state index in [1.807, 2.05) is 42.5 Å². The molecular weight excluding hydrogens is 478 g/mol. The van der Waals surface area contributed by atoms with Gasteiger partial charge in [-0.3, -0.25) is 14.8 Å². The summed E-state index contributed by atoms with van der Waals surface area (Å²) in [5.74, 6) is -1.28. The molecule has 6 N–H and O–H groups in total. The number of carbonyl (C=O) groups excluding carboxylic acids is 1. The van der Waals surface area contributed by atoms with Crippen LogP contribution in [0.15, 0.2) is 72.8 Å². The molecule has 0 aliphatic heterocycles. The lowest BCUT2D eigenvalue weighted by atomic mass is 10.1. The van der Waals surface area contributed by atoms with Gasteiger partial charge in [-0.05, 0) is 58.3 Å². The highest BCUT2D eigenvalue weighted by atomic mass is 32.1. The summed E-state index contributed by atoms with van der Waals surface area (Å²) in [6.45, 7) is 1.77. The summed E-state index contributed by atoms with van der Waals surface area (Å²) in [6, 6.07) is 21.6. The molecular formula is C27H27N3O5S. The second-order valence-electron chi connectivity index (χ2n) is 8.49. The Morgan fingerprint density at radius 2 is 1.42 bits per heavy atom. The fraction of sp³-hybridized carbons (Fsp3) is 0.185. The van der Waals surface area contributed by atoms with Crippen LogP contribution >= 0.6 is 11.3 Å². The molecule has 1 unspecified atom stereocenters. The predicted molar refractivity (Wildman–Crippen MR) is 138 cm³/mol. The smallest absolute Gasteiger partial charge is 0.321 e. The molecule has 0 bridgehead atoms. The number of thiophene rings is 1. The number of aromatic hydroxyl groups is 1. The van der Waals surface area contributed by atoms with Crippen LogP contribution in [-0.2, 0) is 30.8 Å². The van der Waals surface area contributed by atoms with Crippen LogP contribution in [-0.4, -0.2) is 33.3 Å². The number of aliphatic carboxylic acids is 1. The average molecular weight is 506 g/mol. The van der Waals surface area contributed by atoms with Gasteiger partial charge in [-0.15, -0.1) is 11.3 Å². The molecule has 36 heavy (non-hydrogen) atoms. The van der Waals surface area contributed by atoms with E-state index in [1.54, 1.807) is 35.8 Å². The minimum absolute atomic E-state index is 0.153. The lowest BCUT2D eigenvalue weighted by molar-refractivity contribution is -0.139. The van der Waals surface area contributed by atoms with Crippen molar-refractivity contribution in [2.75, 3.05) is 0 Å². The number of phenolic OH excluding ortho intramolecular Hbond substituents is 1. The van der Waals surface area contributed by atoms with Gasteiger partial charge in [0.15, 0.2) is 0 Å². The molecule has 3 aromatic carbocycles. The zero-order valence-corrected chi connectivity index (χ0v) is 20.2. The van der Waals surface area contributed by atoms with E-state index >= 15 is 0 Å². The van der Waals surface area contributed by atoms with Crippen molar-refractivity contribution in [2.24, 2.45) is 0 Å². The van der Waals surface area contributed by atoms with Crippen LogP contribution in [0.1, 0.15) is 31.9 Å². The van der Waals surface area contributed by atoms with Crippen molar-refractivity contribution >= 4 is 33.3 Å². The van der Waals surface area contributed by atoms with Gasteiger partial charge < -0.3 is 20.8 Å². The first-order valence-corrected chi connectivity index (χ1v) is 12.2. The number of fused-ring (bicyclic) bond motifs is 1. The Balaban J connectivity index is 1.26. The number of carboxylic acid groups (broad SMARTS) is 1. The summed E-state index contributed by atoms with van der Waals surface area (Å²) in [6.07, 6.45) is 0.324. The number of hydrogen-bond acceptors (Lipinski definition) is 7. The fourth-order valence-corrected chi connectivity index (χ4v) is 4.85. The monoisotopic (exact) mass is 505 g/mol. The second kappa shape index (κ2) is 11.8. The number of nitrogens with one attached hydrogen (secondary N) is 3. The van der Waals surface area contributed by atoms with E-state index in [2.05, 4.69) is 10.6 Å².